The molecular weight excluding hydrogens is 284 g/mol. The second kappa shape index (κ2) is 7.99. The minimum atomic E-state index is -0.579. The second-order valence-corrected chi connectivity index (χ2v) is 4.57. The Kier molecular flexibility index (Phi) is 5.73. The van der Waals surface area contributed by atoms with Crippen molar-refractivity contribution in [1.82, 2.24) is 10.3 Å². The standard InChI is InChI=1S/C16H18N2O4/c1-21-14-4-2-13(3-5-14)11-18-16(20)22-15-10-12(7-9-19)6-8-17-15/h2-6,8,10,19H,7,9,11H2,1H3,(H,18,20). The van der Waals surface area contributed by atoms with Gasteiger partial charge in [0.1, 0.15) is 5.75 Å². The predicted octanol–water partition coefficient (Wildman–Crippen LogP) is 1.91. The number of benzene rings is 1. The van der Waals surface area contributed by atoms with E-state index in [0.29, 0.717) is 13.0 Å². The number of hydrogen-bond donors (Lipinski definition) is 2. The van der Waals surface area contributed by atoms with Crippen molar-refractivity contribution < 1.29 is 19.4 Å². The van der Waals surface area contributed by atoms with Gasteiger partial charge in [-0.15, -0.1) is 0 Å². The number of aromatic nitrogens is 1. The average Bonchev–Trinajstić information content (AvgIpc) is 2.54. The highest BCUT2D eigenvalue weighted by molar-refractivity contribution is 5.69. The van der Waals surface area contributed by atoms with Gasteiger partial charge in [0.15, 0.2) is 0 Å². The number of carbonyl (C=O) groups excluding carboxylic acids is 1. The molecule has 1 aromatic carbocycles. The molecule has 0 saturated heterocycles. The first kappa shape index (κ1) is 15.8. The number of ether oxygens (including phenoxy) is 2. The van der Waals surface area contributed by atoms with Crippen LogP contribution in [-0.2, 0) is 13.0 Å². The first-order valence-corrected chi connectivity index (χ1v) is 6.85. The van der Waals surface area contributed by atoms with E-state index >= 15 is 0 Å². The van der Waals surface area contributed by atoms with Gasteiger partial charge in [-0.05, 0) is 35.7 Å². The molecule has 0 aliphatic carbocycles. The molecule has 6 heteroatoms. The molecule has 0 unspecified atom stereocenters. The lowest BCUT2D eigenvalue weighted by atomic mass is 10.2. The van der Waals surface area contributed by atoms with Crippen LogP contribution in [0.5, 0.6) is 11.6 Å². The summed E-state index contributed by atoms with van der Waals surface area (Å²) in [7, 11) is 1.60. The smallest absolute Gasteiger partial charge is 0.414 e. The van der Waals surface area contributed by atoms with Crippen LogP contribution in [-0.4, -0.2) is 29.9 Å². The van der Waals surface area contributed by atoms with Crippen LogP contribution in [0.25, 0.3) is 0 Å². The molecule has 2 rings (SSSR count). The summed E-state index contributed by atoms with van der Waals surface area (Å²) in [5, 5.41) is 11.5. The molecule has 2 N–H and O–H groups in total. The van der Waals surface area contributed by atoms with Gasteiger partial charge in [-0.25, -0.2) is 9.78 Å². The zero-order valence-corrected chi connectivity index (χ0v) is 12.3. The van der Waals surface area contributed by atoms with Crippen LogP contribution < -0.4 is 14.8 Å². The number of aliphatic hydroxyl groups is 1. The third kappa shape index (κ3) is 4.75. The van der Waals surface area contributed by atoms with Crippen LogP contribution in [0.15, 0.2) is 42.6 Å². The molecule has 1 heterocycles. The molecule has 22 heavy (non-hydrogen) atoms. The van der Waals surface area contributed by atoms with Crippen molar-refractivity contribution in [2.45, 2.75) is 13.0 Å². The third-order valence-corrected chi connectivity index (χ3v) is 2.99. The van der Waals surface area contributed by atoms with Crippen LogP contribution in [0.2, 0.25) is 0 Å². The highest BCUT2D eigenvalue weighted by atomic mass is 16.6. The number of pyridine rings is 1. The maximum Gasteiger partial charge on any atom is 0.414 e. The SMILES string of the molecule is COc1ccc(CNC(=O)Oc2cc(CCO)ccn2)cc1. The molecule has 0 aliphatic heterocycles. The number of hydrogen-bond acceptors (Lipinski definition) is 5. The topological polar surface area (TPSA) is 80.7 Å². The monoisotopic (exact) mass is 302 g/mol. The van der Waals surface area contributed by atoms with E-state index in [-0.39, 0.29) is 12.5 Å². The largest absolute Gasteiger partial charge is 0.497 e. The summed E-state index contributed by atoms with van der Waals surface area (Å²) >= 11 is 0. The van der Waals surface area contributed by atoms with E-state index in [9.17, 15) is 4.79 Å². The van der Waals surface area contributed by atoms with Gasteiger partial charge in [-0.2, -0.15) is 0 Å². The summed E-state index contributed by atoms with van der Waals surface area (Å²) in [4.78, 5) is 15.7. The van der Waals surface area contributed by atoms with Crippen LogP contribution >= 0.6 is 0 Å². The molecule has 0 radical (unpaired) electrons. The Labute approximate surface area is 128 Å². The van der Waals surface area contributed by atoms with E-state index in [1.54, 1.807) is 19.2 Å². The van der Waals surface area contributed by atoms with Crippen LogP contribution in [0.3, 0.4) is 0 Å². The fraction of sp³-hybridized carbons (Fsp3) is 0.250. The molecule has 0 saturated carbocycles. The molecule has 116 valence electrons. The zero-order valence-electron chi connectivity index (χ0n) is 12.3. The Hall–Kier alpha value is -2.60. The van der Waals surface area contributed by atoms with Crippen LogP contribution in [0.1, 0.15) is 11.1 Å². The van der Waals surface area contributed by atoms with E-state index < -0.39 is 6.09 Å². The second-order valence-electron chi connectivity index (χ2n) is 4.57. The van der Waals surface area contributed by atoms with Crippen molar-refractivity contribution in [1.29, 1.82) is 0 Å². The van der Waals surface area contributed by atoms with Crippen LogP contribution in [0, 0.1) is 0 Å². The van der Waals surface area contributed by atoms with E-state index in [4.69, 9.17) is 14.6 Å². The van der Waals surface area contributed by atoms with Gasteiger partial charge < -0.3 is 19.9 Å². The van der Waals surface area contributed by atoms with Gasteiger partial charge in [0.05, 0.1) is 7.11 Å². The van der Waals surface area contributed by atoms with Gasteiger partial charge >= 0.3 is 6.09 Å². The fourth-order valence-corrected chi connectivity index (χ4v) is 1.84. The number of nitrogens with one attached hydrogen (secondary N) is 1. The molecule has 0 fully saturated rings. The first-order valence-electron chi connectivity index (χ1n) is 6.85. The zero-order chi connectivity index (χ0) is 15.8. The quantitative estimate of drug-likeness (QED) is 0.852. The summed E-state index contributed by atoms with van der Waals surface area (Å²) in [5.74, 6) is 0.967. The number of carbonyl (C=O) groups is 1. The van der Waals surface area contributed by atoms with Crippen molar-refractivity contribution in [3.8, 4) is 11.6 Å². The molecule has 0 bridgehead atoms. The van der Waals surface area contributed by atoms with E-state index in [2.05, 4.69) is 10.3 Å². The molecule has 1 amide bonds. The molecular formula is C16H18N2O4. The van der Waals surface area contributed by atoms with E-state index in [1.807, 2.05) is 24.3 Å². The predicted molar refractivity (Wildman–Crippen MR) is 80.9 cm³/mol. The average molecular weight is 302 g/mol. The molecule has 2 aromatic rings. The molecule has 0 atom stereocenters. The van der Waals surface area contributed by atoms with Crippen molar-refractivity contribution in [2.75, 3.05) is 13.7 Å². The lowest BCUT2D eigenvalue weighted by Crippen LogP contribution is -2.26. The maximum atomic E-state index is 11.7. The summed E-state index contributed by atoms with van der Waals surface area (Å²) in [6.07, 6.45) is 1.45. The number of nitrogens with zero attached hydrogens (tertiary/aromatic N) is 1. The lowest BCUT2D eigenvalue weighted by molar-refractivity contribution is 0.198. The number of amides is 1. The highest BCUT2D eigenvalue weighted by Crippen LogP contribution is 2.12. The summed E-state index contributed by atoms with van der Waals surface area (Å²) in [6.45, 7) is 0.381. The fourth-order valence-electron chi connectivity index (χ4n) is 1.84. The maximum absolute atomic E-state index is 11.7. The van der Waals surface area contributed by atoms with Crippen molar-refractivity contribution >= 4 is 6.09 Å². The Morgan fingerprint density at radius 1 is 1.23 bits per heavy atom. The highest BCUT2D eigenvalue weighted by Gasteiger charge is 2.06. The van der Waals surface area contributed by atoms with Crippen molar-refractivity contribution in [3.63, 3.8) is 0 Å². The first-order chi connectivity index (χ1) is 10.7. The third-order valence-electron chi connectivity index (χ3n) is 2.99. The Morgan fingerprint density at radius 3 is 2.68 bits per heavy atom. The minimum Gasteiger partial charge on any atom is -0.497 e. The minimum absolute atomic E-state index is 0.0348. The van der Waals surface area contributed by atoms with Gasteiger partial charge in [0.25, 0.3) is 0 Å². The van der Waals surface area contributed by atoms with Crippen molar-refractivity contribution in [3.05, 3.63) is 53.7 Å². The molecule has 6 nitrogen and oxygen atoms in total. The Morgan fingerprint density at radius 2 is 2.00 bits per heavy atom. The normalized spacial score (nSPS) is 10.1. The van der Waals surface area contributed by atoms with E-state index in [1.165, 1.54) is 6.20 Å². The molecule has 0 spiro atoms. The number of rotatable bonds is 6. The Balaban J connectivity index is 1.85. The van der Waals surface area contributed by atoms with Crippen molar-refractivity contribution in [2.24, 2.45) is 0 Å². The number of aliphatic hydroxyl groups excluding tert-OH is 1. The Bertz CT molecular complexity index is 614. The lowest BCUT2D eigenvalue weighted by Gasteiger charge is -2.07. The van der Waals surface area contributed by atoms with Gasteiger partial charge in [-0.3, -0.25) is 0 Å². The molecule has 0 aliphatic rings. The number of methoxy groups -OCH3 is 1. The van der Waals surface area contributed by atoms with Gasteiger partial charge in [0.2, 0.25) is 5.88 Å². The van der Waals surface area contributed by atoms with E-state index in [0.717, 1.165) is 16.9 Å². The summed E-state index contributed by atoms with van der Waals surface area (Å²) in [6, 6.07) is 10.8. The van der Waals surface area contributed by atoms with Crippen LogP contribution in [0.4, 0.5) is 4.79 Å². The van der Waals surface area contributed by atoms with Gasteiger partial charge in [0, 0.05) is 25.4 Å². The van der Waals surface area contributed by atoms with Gasteiger partial charge in [-0.1, -0.05) is 12.1 Å². The summed E-state index contributed by atoms with van der Waals surface area (Å²) in [5.41, 5.74) is 1.79. The molecule has 1 aromatic heterocycles. The summed E-state index contributed by atoms with van der Waals surface area (Å²) < 4.78 is 10.2.